The van der Waals surface area contributed by atoms with E-state index in [0.717, 1.165) is 0 Å². The Morgan fingerprint density at radius 3 is 2.32 bits per heavy atom. The number of hydrogen-bond donors (Lipinski definition) is 1. The van der Waals surface area contributed by atoms with E-state index in [-0.39, 0.29) is 17.2 Å². The van der Waals surface area contributed by atoms with Gasteiger partial charge in [-0.2, -0.15) is 13.9 Å². The number of rotatable bonds is 7. The van der Waals surface area contributed by atoms with Crippen LogP contribution in [0.2, 0.25) is 10.0 Å². The molecule has 0 saturated heterocycles. The van der Waals surface area contributed by atoms with Crippen LogP contribution in [-0.4, -0.2) is 32.0 Å². The number of aromatic nitrogens is 1. The SMILES string of the molecule is COc1cc(/C=N\Nc2ncc(Cl)cc2Cl)cc(OC)c1OC(F)F. The Morgan fingerprint density at radius 1 is 1.16 bits per heavy atom. The zero-order chi connectivity index (χ0) is 18.4. The molecule has 0 fully saturated rings. The van der Waals surface area contributed by atoms with Gasteiger partial charge in [0.25, 0.3) is 0 Å². The molecule has 1 aromatic carbocycles. The molecule has 6 nitrogen and oxygen atoms in total. The number of alkyl halides is 2. The van der Waals surface area contributed by atoms with Crippen molar-refractivity contribution >= 4 is 35.2 Å². The minimum Gasteiger partial charge on any atom is -0.493 e. The molecule has 1 heterocycles. The third kappa shape index (κ3) is 5.07. The summed E-state index contributed by atoms with van der Waals surface area (Å²) < 4.78 is 39.6. The number of hydrogen-bond acceptors (Lipinski definition) is 6. The van der Waals surface area contributed by atoms with Crippen LogP contribution in [0.15, 0.2) is 29.5 Å². The Hall–Kier alpha value is -2.32. The van der Waals surface area contributed by atoms with Gasteiger partial charge in [-0.1, -0.05) is 23.2 Å². The fourth-order valence-electron chi connectivity index (χ4n) is 1.84. The number of benzene rings is 1. The smallest absolute Gasteiger partial charge is 0.387 e. The van der Waals surface area contributed by atoms with Crippen LogP contribution in [0, 0.1) is 0 Å². The van der Waals surface area contributed by atoms with Crippen molar-refractivity contribution < 1.29 is 23.0 Å². The lowest BCUT2D eigenvalue weighted by Gasteiger charge is -2.14. The largest absolute Gasteiger partial charge is 0.493 e. The zero-order valence-electron chi connectivity index (χ0n) is 13.1. The summed E-state index contributed by atoms with van der Waals surface area (Å²) in [6.07, 6.45) is 2.82. The first-order valence-electron chi connectivity index (χ1n) is 6.75. The van der Waals surface area contributed by atoms with Crippen molar-refractivity contribution in [3.8, 4) is 17.2 Å². The van der Waals surface area contributed by atoms with Gasteiger partial charge in [-0.3, -0.25) is 5.43 Å². The van der Waals surface area contributed by atoms with Crippen molar-refractivity contribution in [3.63, 3.8) is 0 Å². The van der Waals surface area contributed by atoms with E-state index in [1.54, 1.807) is 0 Å². The van der Waals surface area contributed by atoms with Crippen LogP contribution in [0.25, 0.3) is 0 Å². The number of anilines is 1. The molecule has 0 bridgehead atoms. The fourth-order valence-corrected chi connectivity index (χ4v) is 2.27. The Bertz CT molecular complexity index is 751. The van der Waals surface area contributed by atoms with E-state index < -0.39 is 6.61 Å². The summed E-state index contributed by atoms with van der Waals surface area (Å²) in [5.41, 5.74) is 3.15. The minimum atomic E-state index is -3.01. The fraction of sp³-hybridized carbons (Fsp3) is 0.200. The maximum Gasteiger partial charge on any atom is 0.387 e. The first-order chi connectivity index (χ1) is 11.9. The van der Waals surface area contributed by atoms with Crippen molar-refractivity contribution in [2.45, 2.75) is 6.61 Å². The molecular formula is C15H13Cl2F2N3O3. The standard InChI is InChI=1S/C15H13Cl2F2N3O3/c1-23-11-3-8(4-12(24-2)13(11)25-15(18)19)6-21-22-14-10(17)5-9(16)7-20-14/h3-7,15H,1-2H3,(H,20,22)/b21-6-. The average Bonchev–Trinajstić information content (AvgIpc) is 2.57. The van der Waals surface area contributed by atoms with Crippen LogP contribution in [0.5, 0.6) is 17.2 Å². The lowest BCUT2D eigenvalue weighted by atomic mass is 10.2. The first-order valence-corrected chi connectivity index (χ1v) is 7.51. The summed E-state index contributed by atoms with van der Waals surface area (Å²) in [6.45, 7) is -3.01. The monoisotopic (exact) mass is 391 g/mol. The highest BCUT2D eigenvalue weighted by Crippen LogP contribution is 2.39. The van der Waals surface area contributed by atoms with E-state index in [2.05, 4.69) is 20.2 Å². The maximum atomic E-state index is 12.5. The van der Waals surface area contributed by atoms with Crippen LogP contribution in [0.4, 0.5) is 14.6 Å². The predicted octanol–water partition coefficient (Wildman–Crippen LogP) is 4.45. The second kappa shape index (κ2) is 8.68. The second-order valence-corrected chi connectivity index (χ2v) is 5.33. The summed E-state index contributed by atoms with van der Waals surface area (Å²) in [5.74, 6) is 0.249. The summed E-state index contributed by atoms with van der Waals surface area (Å²) in [7, 11) is 2.65. The molecule has 0 saturated carbocycles. The third-order valence-electron chi connectivity index (χ3n) is 2.88. The molecule has 0 aliphatic rings. The number of pyridine rings is 1. The quantitative estimate of drug-likeness (QED) is 0.557. The van der Waals surface area contributed by atoms with Crippen molar-refractivity contribution in [1.29, 1.82) is 0 Å². The highest BCUT2D eigenvalue weighted by Gasteiger charge is 2.17. The van der Waals surface area contributed by atoms with E-state index in [4.69, 9.17) is 32.7 Å². The van der Waals surface area contributed by atoms with E-state index in [0.29, 0.717) is 21.4 Å². The number of methoxy groups -OCH3 is 2. The van der Waals surface area contributed by atoms with Crippen LogP contribution >= 0.6 is 23.2 Å². The molecule has 134 valence electrons. The van der Waals surface area contributed by atoms with E-state index in [1.807, 2.05) is 0 Å². The number of hydrazone groups is 1. The molecule has 0 radical (unpaired) electrons. The Morgan fingerprint density at radius 2 is 1.80 bits per heavy atom. The molecule has 0 atom stereocenters. The Kier molecular flexibility index (Phi) is 6.60. The topological polar surface area (TPSA) is 65.0 Å². The van der Waals surface area contributed by atoms with Gasteiger partial charge in [-0.25, -0.2) is 4.98 Å². The minimum absolute atomic E-state index is 0.0729. The zero-order valence-corrected chi connectivity index (χ0v) is 14.6. The summed E-state index contributed by atoms with van der Waals surface area (Å²) >= 11 is 11.7. The molecule has 10 heteroatoms. The molecule has 0 unspecified atom stereocenters. The Labute approximate surface area is 152 Å². The van der Waals surface area contributed by atoms with Crippen molar-refractivity contribution in [2.75, 3.05) is 19.6 Å². The van der Waals surface area contributed by atoms with E-state index >= 15 is 0 Å². The molecule has 2 aromatic rings. The molecule has 1 aromatic heterocycles. The second-order valence-electron chi connectivity index (χ2n) is 4.49. The van der Waals surface area contributed by atoms with E-state index in [1.165, 1.54) is 44.8 Å². The summed E-state index contributed by atoms with van der Waals surface area (Å²) in [4.78, 5) is 3.98. The van der Waals surface area contributed by atoms with Gasteiger partial charge >= 0.3 is 6.61 Å². The number of nitrogens with one attached hydrogen (secondary N) is 1. The molecule has 0 aliphatic heterocycles. The van der Waals surface area contributed by atoms with Crippen LogP contribution < -0.4 is 19.6 Å². The summed E-state index contributed by atoms with van der Waals surface area (Å²) in [6, 6.07) is 4.43. The molecule has 0 aliphatic carbocycles. The lowest BCUT2D eigenvalue weighted by molar-refractivity contribution is -0.0526. The van der Waals surface area contributed by atoms with Crippen LogP contribution in [0.3, 0.4) is 0 Å². The third-order valence-corrected chi connectivity index (χ3v) is 3.38. The van der Waals surface area contributed by atoms with Crippen molar-refractivity contribution in [2.24, 2.45) is 5.10 Å². The lowest BCUT2D eigenvalue weighted by Crippen LogP contribution is -2.06. The number of ether oxygens (including phenoxy) is 3. The van der Waals surface area contributed by atoms with Gasteiger partial charge in [0, 0.05) is 11.8 Å². The molecule has 2 rings (SSSR count). The van der Waals surface area contributed by atoms with Gasteiger partial charge < -0.3 is 14.2 Å². The van der Waals surface area contributed by atoms with Crippen LogP contribution in [0.1, 0.15) is 5.56 Å². The predicted molar refractivity (Wildman–Crippen MR) is 91.7 cm³/mol. The van der Waals surface area contributed by atoms with Gasteiger partial charge in [-0.15, -0.1) is 0 Å². The molecule has 0 amide bonds. The van der Waals surface area contributed by atoms with Gasteiger partial charge in [0.05, 0.1) is 30.5 Å². The molecule has 25 heavy (non-hydrogen) atoms. The normalized spacial score (nSPS) is 11.0. The molecule has 1 N–H and O–H groups in total. The number of nitrogens with zero attached hydrogens (tertiary/aromatic N) is 2. The van der Waals surface area contributed by atoms with Gasteiger partial charge in [0.1, 0.15) is 0 Å². The molecule has 0 spiro atoms. The number of halogens is 4. The van der Waals surface area contributed by atoms with Crippen molar-refractivity contribution in [3.05, 3.63) is 40.0 Å². The van der Waals surface area contributed by atoms with Crippen molar-refractivity contribution in [1.82, 2.24) is 4.98 Å². The highest BCUT2D eigenvalue weighted by molar-refractivity contribution is 6.35. The Balaban J connectivity index is 2.24. The van der Waals surface area contributed by atoms with Gasteiger partial charge in [0.15, 0.2) is 17.3 Å². The van der Waals surface area contributed by atoms with Gasteiger partial charge in [0.2, 0.25) is 5.75 Å². The maximum absolute atomic E-state index is 12.5. The van der Waals surface area contributed by atoms with Crippen LogP contribution in [-0.2, 0) is 0 Å². The molecular weight excluding hydrogens is 379 g/mol. The van der Waals surface area contributed by atoms with Gasteiger partial charge in [-0.05, 0) is 18.2 Å². The summed E-state index contributed by atoms with van der Waals surface area (Å²) in [5, 5.41) is 4.66. The highest BCUT2D eigenvalue weighted by atomic mass is 35.5. The first kappa shape index (κ1) is 19.0. The van der Waals surface area contributed by atoms with E-state index in [9.17, 15) is 8.78 Å². The average molecular weight is 392 g/mol.